The summed E-state index contributed by atoms with van der Waals surface area (Å²) >= 11 is 1.39. The molecule has 2 atom stereocenters. The summed E-state index contributed by atoms with van der Waals surface area (Å²) in [4.78, 5) is 32.8. The minimum absolute atomic E-state index is 0.0828. The number of fused-ring (bicyclic) bond motifs is 2. The molecule has 6 rings (SSSR count). The van der Waals surface area contributed by atoms with Crippen molar-refractivity contribution in [3.63, 3.8) is 0 Å². The van der Waals surface area contributed by atoms with Gasteiger partial charge in [0.15, 0.2) is 0 Å². The summed E-state index contributed by atoms with van der Waals surface area (Å²) in [7, 11) is 1.60. The number of aliphatic hydroxyl groups excluding tert-OH is 1. The quantitative estimate of drug-likeness (QED) is 0.352. The van der Waals surface area contributed by atoms with Gasteiger partial charge in [-0.2, -0.15) is 0 Å². The largest absolute Gasteiger partial charge is 0.391 e. The number of β-amino-alcohol motifs (C(OH)–C–C–N with tert-alkyl or cyclic N) is 1. The van der Waals surface area contributed by atoms with E-state index in [9.17, 15) is 14.7 Å². The predicted octanol–water partition coefficient (Wildman–Crippen LogP) is 4.24. The molecule has 4 heterocycles. The molecule has 37 heavy (non-hydrogen) atoms. The van der Waals surface area contributed by atoms with Gasteiger partial charge in [0.05, 0.1) is 45.1 Å². The number of rotatable bonds is 6. The van der Waals surface area contributed by atoms with Crippen LogP contribution in [0.1, 0.15) is 34.6 Å². The fourth-order valence-corrected chi connectivity index (χ4v) is 6.14. The number of ether oxygens (including phenoxy) is 1. The number of methoxy groups -OCH3 is 1. The number of hydrogen-bond donors (Lipinski definition) is 3. The van der Waals surface area contributed by atoms with Crippen LogP contribution in [0.25, 0.3) is 21.1 Å². The number of nitrogens with zero attached hydrogens (tertiary/aromatic N) is 3. The predicted molar refractivity (Wildman–Crippen MR) is 144 cm³/mol. The van der Waals surface area contributed by atoms with E-state index in [2.05, 4.69) is 15.6 Å². The maximum atomic E-state index is 13.3. The zero-order chi connectivity index (χ0) is 25.7. The second kappa shape index (κ2) is 9.44. The minimum atomic E-state index is -0.540. The van der Waals surface area contributed by atoms with E-state index in [-0.39, 0.29) is 18.0 Å². The Morgan fingerprint density at radius 2 is 2.05 bits per heavy atom. The van der Waals surface area contributed by atoms with E-state index in [1.807, 2.05) is 43.3 Å². The molecular weight excluding hydrogens is 490 g/mol. The van der Waals surface area contributed by atoms with Crippen LogP contribution in [-0.4, -0.2) is 69.9 Å². The van der Waals surface area contributed by atoms with Gasteiger partial charge in [0, 0.05) is 42.7 Å². The highest BCUT2D eigenvalue weighted by molar-refractivity contribution is 7.21. The Bertz CT molecular complexity index is 1510. The molecule has 2 unspecified atom stereocenters. The molecule has 3 N–H and O–H groups in total. The van der Waals surface area contributed by atoms with Crippen LogP contribution < -0.4 is 10.6 Å². The van der Waals surface area contributed by atoms with Crippen molar-refractivity contribution in [2.24, 2.45) is 0 Å². The van der Waals surface area contributed by atoms with Crippen molar-refractivity contribution in [3.05, 3.63) is 53.2 Å². The summed E-state index contributed by atoms with van der Waals surface area (Å²) in [5, 5.41) is 17.6. The number of anilines is 2. The van der Waals surface area contributed by atoms with Crippen LogP contribution in [0.3, 0.4) is 0 Å². The standard InChI is InChI=1S/C27H29N5O4S/c1-15-9-16-10-18(5-6-23(16)32(15)27(35)30-17-3-4-17)29-21-7-8-28-22-12-24(37-25(21)22)26(34)31-13-20(33)11-19(31)14-36-2/h5-10,12,17,19-20,33H,3-4,11,13-14H2,1-2H3,(H,28,29)(H,30,35). The van der Waals surface area contributed by atoms with Crippen LogP contribution >= 0.6 is 11.3 Å². The topological polar surface area (TPSA) is 109 Å². The SMILES string of the molecule is COCC1CC(O)CN1C(=O)c1cc2nccc(Nc3ccc4c(c3)cc(C)n4C(=O)NC3CC3)c2s1. The summed E-state index contributed by atoms with van der Waals surface area (Å²) < 4.78 is 7.87. The Hall–Kier alpha value is -3.47. The third-order valence-corrected chi connectivity index (χ3v) is 8.15. The van der Waals surface area contributed by atoms with Gasteiger partial charge < -0.3 is 25.4 Å². The van der Waals surface area contributed by atoms with Gasteiger partial charge in [-0.05, 0) is 62.6 Å². The molecule has 0 radical (unpaired) electrons. The number of aryl methyl sites for hydroxylation is 1. The number of nitrogens with one attached hydrogen (secondary N) is 2. The first-order chi connectivity index (χ1) is 17.9. The van der Waals surface area contributed by atoms with Crippen molar-refractivity contribution in [1.82, 2.24) is 19.8 Å². The lowest BCUT2D eigenvalue weighted by Crippen LogP contribution is -2.38. The lowest BCUT2D eigenvalue weighted by atomic mass is 10.2. The number of aliphatic hydroxyl groups is 1. The Kier molecular flexibility index (Phi) is 6.10. The van der Waals surface area contributed by atoms with Crippen LogP contribution in [0.4, 0.5) is 16.2 Å². The summed E-state index contributed by atoms with van der Waals surface area (Å²) in [6.45, 7) is 2.63. The van der Waals surface area contributed by atoms with Gasteiger partial charge in [-0.15, -0.1) is 11.3 Å². The molecule has 1 aliphatic heterocycles. The van der Waals surface area contributed by atoms with E-state index in [1.54, 1.807) is 22.8 Å². The fraction of sp³-hybridized carbons (Fsp3) is 0.370. The molecule has 0 spiro atoms. The fourth-order valence-electron chi connectivity index (χ4n) is 5.10. The molecule has 4 aromatic rings. The molecule has 10 heteroatoms. The smallest absolute Gasteiger partial charge is 0.326 e. The van der Waals surface area contributed by atoms with E-state index < -0.39 is 6.10 Å². The molecule has 9 nitrogen and oxygen atoms in total. The van der Waals surface area contributed by atoms with E-state index in [0.717, 1.165) is 51.0 Å². The minimum Gasteiger partial charge on any atom is -0.391 e. The summed E-state index contributed by atoms with van der Waals surface area (Å²) in [6.07, 6.45) is 3.79. The number of thiophene rings is 1. The maximum absolute atomic E-state index is 13.3. The average molecular weight is 520 g/mol. The van der Waals surface area contributed by atoms with Gasteiger partial charge in [-0.3, -0.25) is 14.3 Å². The molecule has 3 aromatic heterocycles. The van der Waals surface area contributed by atoms with Crippen molar-refractivity contribution in [3.8, 4) is 0 Å². The number of benzene rings is 1. The van der Waals surface area contributed by atoms with Crippen molar-refractivity contribution in [2.45, 2.75) is 44.4 Å². The first kappa shape index (κ1) is 23.9. The maximum Gasteiger partial charge on any atom is 0.326 e. The first-order valence-electron chi connectivity index (χ1n) is 12.5. The highest BCUT2D eigenvalue weighted by Crippen LogP contribution is 2.35. The van der Waals surface area contributed by atoms with E-state index in [4.69, 9.17) is 4.74 Å². The molecular formula is C27H29N5O4S. The molecule has 1 saturated carbocycles. The van der Waals surface area contributed by atoms with E-state index >= 15 is 0 Å². The van der Waals surface area contributed by atoms with Gasteiger partial charge in [-0.25, -0.2) is 4.79 Å². The number of carbonyl (C=O) groups excluding carboxylic acids is 2. The highest BCUT2D eigenvalue weighted by Gasteiger charge is 2.35. The van der Waals surface area contributed by atoms with E-state index in [1.165, 1.54) is 11.3 Å². The Balaban J connectivity index is 1.27. The first-order valence-corrected chi connectivity index (χ1v) is 13.3. The van der Waals surface area contributed by atoms with Crippen LogP contribution in [0.15, 0.2) is 42.6 Å². The van der Waals surface area contributed by atoms with Gasteiger partial charge in [0.1, 0.15) is 0 Å². The van der Waals surface area contributed by atoms with Gasteiger partial charge in [0.25, 0.3) is 5.91 Å². The normalized spacial score (nSPS) is 19.6. The zero-order valence-corrected chi connectivity index (χ0v) is 21.5. The molecule has 192 valence electrons. The van der Waals surface area contributed by atoms with Crippen LogP contribution in [0.2, 0.25) is 0 Å². The van der Waals surface area contributed by atoms with Crippen molar-refractivity contribution >= 4 is 55.8 Å². The van der Waals surface area contributed by atoms with Gasteiger partial charge in [-0.1, -0.05) is 0 Å². The van der Waals surface area contributed by atoms with Crippen molar-refractivity contribution < 1.29 is 19.4 Å². The second-order valence-corrected chi connectivity index (χ2v) is 10.9. The van der Waals surface area contributed by atoms with Crippen LogP contribution in [0, 0.1) is 6.92 Å². The molecule has 1 aliphatic carbocycles. The number of hydrogen-bond acceptors (Lipinski definition) is 7. The molecule has 0 bridgehead atoms. The Morgan fingerprint density at radius 3 is 2.84 bits per heavy atom. The molecule has 2 amide bonds. The highest BCUT2D eigenvalue weighted by atomic mass is 32.1. The third kappa shape index (κ3) is 4.56. The van der Waals surface area contributed by atoms with Crippen molar-refractivity contribution in [1.29, 1.82) is 0 Å². The van der Waals surface area contributed by atoms with Crippen LogP contribution in [0.5, 0.6) is 0 Å². The third-order valence-electron chi connectivity index (χ3n) is 7.01. The number of amides is 2. The Morgan fingerprint density at radius 1 is 1.22 bits per heavy atom. The van der Waals surface area contributed by atoms with Gasteiger partial charge in [0.2, 0.25) is 0 Å². The lowest BCUT2D eigenvalue weighted by molar-refractivity contribution is 0.0627. The summed E-state index contributed by atoms with van der Waals surface area (Å²) in [5.74, 6) is -0.116. The average Bonchev–Trinajstić information content (AvgIpc) is 3.29. The molecule has 2 fully saturated rings. The monoisotopic (exact) mass is 519 g/mol. The zero-order valence-electron chi connectivity index (χ0n) is 20.7. The molecule has 2 aliphatic rings. The summed E-state index contributed by atoms with van der Waals surface area (Å²) in [5.41, 5.74) is 4.22. The van der Waals surface area contributed by atoms with Crippen molar-refractivity contribution in [2.75, 3.05) is 25.6 Å². The number of carbonyl (C=O) groups is 2. The number of aromatic nitrogens is 2. The van der Waals surface area contributed by atoms with E-state index in [0.29, 0.717) is 30.5 Å². The molecule has 1 saturated heterocycles. The van der Waals surface area contributed by atoms with Gasteiger partial charge >= 0.3 is 6.03 Å². The number of likely N-dealkylation sites (tertiary alicyclic amines) is 1. The lowest BCUT2D eigenvalue weighted by Gasteiger charge is -2.23. The molecule has 1 aromatic carbocycles. The number of pyridine rings is 1. The Labute approximate surface area is 218 Å². The second-order valence-electron chi connectivity index (χ2n) is 9.88. The van der Waals surface area contributed by atoms with Crippen LogP contribution in [-0.2, 0) is 4.74 Å². The summed E-state index contributed by atoms with van der Waals surface area (Å²) in [6, 6.07) is 11.7.